The minimum atomic E-state index is 0. The molecule has 0 heterocycles. The average molecular weight is 258 g/mol. The summed E-state index contributed by atoms with van der Waals surface area (Å²) in [4.78, 5) is 0. The molecular weight excluding hydrogens is 258 g/mol. The molecule has 0 N–H and O–H groups in total. The van der Waals surface area contributed by atoms with E-state index in [0.29, 0.717) is 0 Å². The van der Waals surface area contributed by atoms with Crippen LogP contribution in [0.15, 0.2) is 0 Å². The summed E-state index contributed by atoms with van der Waals surface area (Å²) >= 11 is 0. The van der Waals surface area contributed by atoms with Crippen molar-refractivity contribution in [1.82, 2.24) is 0 Å². The second-order valence-corrected chi connectivity index (χ2v) is 0. The van der Waals surface area contributed by atoms with Crippen LogP contribution < -0.4 is 59.1 Å². The molecule has 0 aromatic carbocycles. The molecule has 15 heavy (non-hydrogen) atoms. The summed E-state index contributed by atoms with van der Waals surface area (Å²) in [6.07, 6.45) is 0. The van der Waals surface area contributed by atoms with Gasteiger partial charge in [0.25, 0.3) is 0 Å². The first-order chi connectivity index (χ1) is 6.00. The minimum Gasteiger partial charge on any atom is -0.512 e. The molecule has 0 amide bonds. The van der Waals surface area contributed by atoms with Crippen molar-refractivity contribution in [2.75, 3.05) is 0 Å². The van der Waals surface area contributed by atoms with Crippen molar-refractivity contribution in [3.05, 3.63) is 39.4 Å². The van der Waals surface area contributed by atoms with Crippen LogP contribution in [0.2, 0.25) is 0 Å². The SMILES string of the molecule is [C-]#N.[C-]#N.[C-]#N.[C-]#N.[C-]#N.[C-]#N.[Fe+4].[Na+].[Na+]. The van der Waals surface area contributed by atoms with Crippen LogP contribution in [-0.4, -0.2) is 0 Å². The van der Waals surface area contributed by atoms with Gasteiger partial charge in [0.15, 0.2) is 0 Å². The molecule has 64 valence electrons. The minimum absolute atomic E-state index is 0. The van der Waals surface area contributed by atoms with Crippen LogP contribution in [0.4, 0.5) is 0 Å². The number of rotatable bonds is 0. The quantitative estimate of drug-likeness (QED) is 0.313. The predicted octanol–water partition coefficient (Wildman–Crippen LogP) is -5.42. The van der Waals surface area contributed by atoms with E-state index < -0.39 is 0 Å². The molecule has 6 nitrogen and oxygen atoms in total. The van der Waals surface area contributed by atoms with E-state index in [1.165, 1.54) is 0 Å². The van der Waals surface area contributed by atoms with Crippen LogP contribution in [0.1, 0.15) is 0 Å². The Morgan fingerprint density at radius 3 is 0.333 bits per heavy atom. The Hall–Kier alpha value is -0.541. The maximum Gasteiger partial charge on any atom is 4.00 e. The van der Waals surface area contributed by atoms with Crippen molar-refractivity contribution in [2.24, 2.45) is 0 Å². The number of hydrogen-bond acceptors (Lipinski definition) is 6. The fourth-order valence-electron chi connectivity index (χ4n) is 0. The molecule has 0 aromatic rings. The molecule has 0 saturated carbocycles. The van der Waals surface area contributed by atoms with Crippen LogP contribution in [0.5, 0.6) is 0 Å². The average Bonchev–Trinajstić information content (AvgIpc) is 2.33. The number of hydrogen-bond donors (Lipinski definition) is 0. The summed E-state index contributed by atoms with van der Waals surface area (Å²) in [7, 11) is 0. The van der Waals surface area contributed by atoms with Crippen LogP contribution in [-0.2, 0) is 17.1 Å². The molecule has 9 heteroatoms. The molecule has 0 aromatic heterocycles. The molecule has 0 aliphatic rings. The van der Waals surface area contributed by atoms with Gasteiger partial charge in [0.05, 0.1) is 0 Å². The third-order valence-electron chi connectivity index (χ3n) is 0. The van der Waals surface area contributed by atoms with Gasteiger partial charge >= 0.3 is 76.2 Å². The summed E-state index contributed by atoms with van der Waals surface area (Å²) in [5.74, 6) is 0. The summed E-state index contributed by atoms with van der Waals surface area (Å²) in [6, 6.07) is 0. The van der Waals surface area contributed by atoms with E-state index in [9.17, 15) is 0 Å². The van der Waals surface area contributed by atoms with Gasteiger partial charge in [-0.05, 0) is 0 Å². The second kappa shape index (κ2) is 7150. The maximum absolute atomic E-state index is 6.25. The van der Waals surface area contributed by atoms with Gasteiger partial charge in [-0.2, -0.15) is 0 Å². The van der Waals surface area contributed by atoms with Crippen LogP contribution in [0.3, 0.4) is 0 Å². The maximum atomic E-state index is 6.25. The smallest absolute Gasteiger partial charge is 0.512 e. The van der Waals surface area contributed by atoms with Crippen LogP contribution in [0, 0.1) is 71.0 Å². The summed E-state index contributed by atoms with van der Waals surface area (Å²) in [5, 5.41) is 37.5. The zero-order chi connectivity index (χ0) is 12.0. The molecule has 0 spiro atoms. The van der Waals surface area contributed by atoms with E-state index in [1.807, 2.05) is 0 Å². The van der Waals surface area contributed by atoms with Crippen LogP contribution >= 0.6 is 0 Å². The van der Waals surface area contributed by atoms with Gasteiger partial charge in [0, 0.05) is 0 Å². The van der Waals surface area contributed by atoms with Crippen LogP contribution in [0.25, 0.3) is 0 Å². The van der Waals surface area contributed by atoms with Gasteiger partial charge in [-0.3, -0.25) is 0 Å². The first-order valence-electron chi connectivity index (χ1n) is 1.34. The van der Waals surface area contributed by atoms with Crippen molar-refractivity contribution in [3.63, 3.8) is 0 Å². The monoisotopic (exact) mass is 258 g/mol. The Morgan fingerprint density at radius 1 is 0.333 bits per heavy atom. The first kappa shape index (κ1) is 87.9. The van der Waals surface area contributed by atoms with Crippen molar-refractivity contribution in [1.29, 1.82) is 31.6 Å². The van der Waals surface area contributed by atoms with Crippen molar-refractivity contribution in [2.45, 2.75) is 0 Å². The summed E-state index contributed by atoms with van der Waals surface area (Å²) < 4.78 is 0. The Bertz CT molecular complexity index is 101. The fourth-order valence-corrected chi connectivity index (χ4v) is 0. The molecule has 0 rings (SSSR count). The second-order valence-electron chi connectivity index (χ2n) is 0. The van der Waals surface area contributed by atoms with Gasteiger partial charge in [-0.1, -0.05) is 0 Å². The Balaban J connectivity index is -0.00000000396. The molecule has 0 atom stereocenters. The Kier molecular flexibility index (Phi) is 41900. The Labute approximate surface area is 145 Å². The van der Waals surface area contributed by atoms with Gasteiger partial charge in [0.1, 0.15) is 0 Å². The number of nitrogens with zero attached hydrogens (tertiary/aromatic N) is 6. The zero-order valence-electron chi connectivity index (χ0n) is 8.04. The van der Waals surface area contributed by atoms with Gasteiger partial charge < -0.3 is 71.0 Å². The third kappa shape index (κ3) is 6050. The molecule has 0 fully saturated rings. The normalized spacial score (nSPS) is 0.800. The third-order valence-corrected chi connectivity index (χ3v) is 0. The van der Waals surface area contributed by atoms with Crippen molar-refractivity contribution < 1.29 is 76.2 Å². The Morgan fingerprint density at radius 2 is 0.333 bits per heavy atom. The molecule has 0 aliphatic carbocycles. The molecule has 0 bridgehead atoms. The van der Waals surface area contributed by atoms with E-state index >= 15 is 0 Å². The van der Waals surface area contributed by atoms with Crippen molar-refractivity contribution in [3.8, 4) is 0 Å². The summed E-state index contributed by atoms with van der Waals surface area (Å²) in [5.41, 5.74) is 0. The largest absolute Gasteiger partial charge is 4.00 e. The van der Waals surface area contributed by atoms with E-state index in [4.69, 9.17) is 71.0 Å². The van der Waals surface area contributed by atoms with E-state index in [1.54, 1.807) is 0 Å². The van der Waals surface area contributed by atoms with Gasteiger partial charge in [-0.15, -0.1) is 0 Å². The molecule has 0 aliphatic heterocycles. The molecule has 0 radical (unpaired) electrons. The zero-order valence-corrected chi connectivity index (χ0v) is 13.1. The molecular formula is C6FeN6Na2. The summed E-state index contributed by atoms with van der Waals surface area (Å²) in [6.45, 7) is 28.5. The van der Waals surface area contributed by atoms with E-state index in [-0.39, 0.29) is 76.2 Å². The molecule has 0 saturated heterocycles. The van der Waals surface area contributed by atoms with Gasteiger partial charge in [-0.25, -0.2) is 0 Å². The first-order valence-corrected chi connectivity index (χ1v) is 1.34. The van der Waals surface area contributed by atoms with E-state index in [2.05, 4.69) is 0 Å². The topological polar surface area (TPSA) is 143 Å². The predicted molar refractivity (Wildman–Crippen MR) is 29.8 cm³/mol. The molecule has 0 unspecified atom stereocenters. The van der Waals surface area contributed by atoms with Gasteiger partial charge in [0.2, 0.25) is 0 Å². The van der Waals surface area contributed by atoms with Crippen molar-refractivity contribution >= 4 is 0 Å². The van der Waals surface area contributed by atoms with E-state index in [0.717, 1.165) is 0 Å². The standard InChI is InChI=1S/6CN.Fe.2Na/c6*1-2;;;/q6*-1;+4;2*+1. The fraction of sp³-hybridized carbons (Fsp3) is 0.